The number of carbonyl (C=O) groups excluding carboxylic acids is 1. The van der Waals surface area contributed by atoms with Gasteiger partial charge in [-0.15, -0.1) is 0 Å². The summed E-state index contributed by atoms with van der Waals surface area (Å²) in [6.45, 7) is 5.75. The number of benzene rings is 2. The quantitative estimate of drug-likeness (QED) is 0.763. The number of amides is 1. The van der Waals surface area contributed by atoms with Gasteiger partial charge in [0.1, 0.15) is 5.75 Å². The van der Waals surface area contributed by atoms with Crippen molar-refractivity contribution >= 4 is 39.1 Å². The number of carbonyl (C=O) groups is 1. The lowest BCUT2D eigenvalue weighted by Gasteiger charge is -2.15. The van der Waals surface area contributed by atoms with Gasteiger partial charge in [0.25, 0.3) is 5.91 Å². The third kappa shape index (κ3) is 4.24. The number of hydrogen-bond acceptors (Lipinski definition) is 2. The maximum Gasteiger partial charge on any atom is 0.259 e. The maximum absolute atomic E-state index is 12.5. The molecule has 3 nitrogen and oxygen atoms in total. The van der Waals surface area contributed by atoms with Gasteiger partial charge in [-0.2, -0.15) is 0 Å². The molecule has 0 unspecified atom stereocenters. The fraction of sp³-hybridized carbons (Fsp3) is 0.235. The predicted molar refractivity (Wildman–Crippen MR) is 94.0 cm³/mol. The summed E-state index contributed by atoms with van der Waals surface area (Å²) in [7, 11) is 0. The van der Waals surface area contributed by atoms with E-state index in [4.69, 9.17) is 16.3 Å². The van der Waals surface area contributed by atoms with Crippen molar-refractivity contribution in [3.05, 3.63) is 57.0 Å². The topological polar surface area (TPSA) is 38.3 Å². The van der Waals surface area contributed by atoms with Crippen molar-refractivity contribution in [3.8, 4) is 5.75 Å². The Balaban J connectivity index is 2.28. The van der Waals surface area contributed by atoms with Gasteiger partial charge in [0, 0.05) is 15.2 Å². The molecule has 0 heterocycles. The molecule has 2 aromatic carbocycles. The Morgan fingerprint density at radius 3 is 2.59 bits per heavy atom. The number of ether oxygens (including phenoxy) is 1. The molecule has 22 heavy (non-hydrogen) atoms. The lowest BCUT2D eigenvalue weighted by atomic mass is 10.1. The molecular formula is C17H17BrClNO2. The number of nitrogens with one attached hydrogen (secondary N) is 1. The van der Waals surface area contributed by atoms with Crippen molar-refractivity contribution in [2.24, 2.45) is 0 Å². The molecule has 0 radical (unpaired) electrons. The molecule has 0 saturated carbocycles. The molecule has 0 saturated heterocycles. The molecule has 5 heteroatoms. The molecule has 0 spiro atoms. The Morgan fingerprint density at radius 2 is 1.95 bits per heavy atom. The molecule has 0 aliphatic carbocycles. The standard InChI is InChI=1S/C17H17BrClNO2/c1-10(2)22-16-7-5-12(18)8-14(16)17(21)20-13-6-4-11(3)15(19)9-13/h4-10H,1-3H3,(H,20,21). The number of anilines is 1. The van der Waals surface area contributed by atoms with E-state index in [-0.39, 0.29) is 12.0 Å². The molecule has 0 bridgehead atoms. The van der Waals surface area contributed by atoms with E-state index in [0.29, 0.717) is 22.0 Å². The molecule has 116 valence electrons. The third-order valence-corrected chi connectivity index (χ3v) is 3.88. The van der Waals surface area contributed by atoms with E-state index in [1.807, 2.05) is 39.0 Å². The van der Waals surface area contributed by atoms with Crippen LogP contribution in [0.3, 0.4) is 0 Å². The highest BCUT2D eigenvalue weighted by Crippen LogP contribution is 2.26. The van der Waals surface area contributed by atoms with Crippen LogP contribution in [0.5, 0.6) is 5.75 Å². The van der Waals surface area contributed by atoms with E-state index in [2.05, 4.69) is 21.2 Å². The van der Waals surface area contributed by atoms with Crippen LogP contribution in [-0.4, -0.2) is 12.0 Å². The smallest absolute Gasteiger partial charge is 0.259 e. The van der Waals surface area contributed by atoms with E-state index in [0.717, 1.165) is 10.0 Å². The molecule has 0 aromatic heterocycles. The zero-order valence-electron chi connectivity index (χ0n) is 12.6. The van der Waals surface area contributed by atoms with E-state index in [1.54, 1.807) is 18.2 Å². The van der Waals surface area contributed by atoms with Crippen LogP contribution >= 0.6 is 27.5 Å². The fourth-order valence-electron chi connectivity index (χ4n) is 1.91. The Hall–Kier alpha value is -1.52. The van der Waals surface area contributed by atoms with Gasteiger partial charge in [-0.3, -0.25) is 4.79 Å². The Kier molecular flexibility index (Phi) is 5.48. The van der Waals surface area contributed by atoms with Crippen molar-refractivity contribution in [2.45, 2.75) is 26.9 Å². The molecule has 0 atom stereocenters. The van der Waals surface area contributed by atoms with E-state index >= 15 is 0 Å². The number of rotatable bonds is 4. The van der Waals surface area contributed by atoms with Crippen LogP contribution in [0.15, 0.2) is 40.9 Å². The van der Waals surface area contributed by atoms with Crippen LogP contribution in [0, 0.1) is 6.92 Å². The summed E-state index contributed by atoms with van der Waals surface area (Å²) in [4.78, 5) is 12.5. The summed E-state index contributed by atoms with van der Waals surface area (Å²) >= 11 is 9.47. The molecule has 0 fully saturated rings. The molecule has 0 aliphatic rings. The van der Waals surface area contributed by atoms with Gasteiger partial charge in [0.15, 0.2) is 0 Å². The third-order valence-electron chi connectivity index (χ3n) is 2.98. The van der Waals surface area contributed by atoms with Crippen LogP contribution in [0.4, 0.5) is 5.69 Å². The van der Waals surface area contributed by atoms with Gasteiger partial charge in [0.05, 0.1) is 11.7 Å². The first-order valence-corrected chi connectivity index (χ1v) is 8.07. The fourth-order valence-corrected chi connectivity index (χ4v) is 2.45. The average molecular weight is 383 g/mol. The van der Waals surface area contributed by atoms with Crippen molar-refractivity contribution < 1.29 is 9.53 Å². The van der Waals surface area contributed by atoms with Gasteiger partial charge in [0.2, 0.25) is 0 Å². The molecule has 0 aliphatic heterocycles. The normalized spacial score (nSPS) is 10.6. The minimum absolute atomic E-state index is 0.0125. The van der Waals surface area contributed by atoms with Crippen molar-refractivity contribution in [1.29, 1.82) is 0 Å². The maximum atomic E-state index is 12.5. The SMILES string of the molecule is Cc1ccc(NC(=O)c2cc(Br)ccc2OC(C)C)cc1Cl. The summed E-state index contributed by atoms with van der Waals surface area (Å²) in [5, 5.41) is 3.46. The van der Waals surface area contributed by atoms with Crippen LogP contribution in [0.1, 0.15) is 29.8 Å². The molecule has 1 N–H and O–H groups in total. The summed E-state index contributed by atoms with van der Waals surface area (Å²) < 4.78 is 6.51. The molecular weight excluding hydrogens is 366 g/mol. The lowest BCUT2D eigenvalue weighted by molar-refractivity contribution is 0.102. The summed E-state index contributed by atoms with van der Waals surface area (Å²) in [6, 6.07) is 10.8. The zero-order valence-corrected chi connectivity index (χ0v) is 15.0. The number of aryl methyl sites for hydroxylation is 1. The first-order chi connectivity index (χ1) is 10.4. The predicted octanol–water partition coefficient (Wildman–Crippen LogP) is 5.45. The summed E-state index contributed by atoms with van der Waals surface area (Å²) in [5.74, 6) is 0.311. The minimum Gasteiger partial charge on any atom is -0.490 e. The Bertz CT molecular complexity index is 701. The largest absolute Gasteiger partial charge is 0.490 e. The van der Waals surface area contributed by atoms with Crippen molar-refractivity contribution in [2.75, 3.05) is 5.32 Å². The van der Waals surface area contributed by atoms with Gasteiger partial charge >= 0.3 is 0 Å². The summed E-state index contributed by atoms with van der Waals surface area (Å²) in [6.07, 6.45) is -0.0125. The second-order valence-corrected chi connectivity index (χ2v) is 6.55. The van der Waals surface area contributed by atoms with Crippen LogP contribution in [-0.2, 0) is 0 Å². The van der Waals surface area contributed by atoms with E-state index in [9.17, 15) is 4.79 Å². The van der Waals surface area contributed by atoms with Crippen molar-refractivity contribution in [1.82, 2.24) is 0 Å². The van der Waals surface area contributed by atoms with Gasteiger partial charge < -0.3 is 10.1 Å². The lowest BCUT2D eigenvalue weighted by Crippen LogP contribution is -2.15. The second kappa shape index (κ2) is 7.16. The highest BCUT2D eigenvalue weighted by Gasteiger charge is 2.15. The molecule has 2 aromatic rings. The van der Waals surface area contributed by atoms with Gasteiger partial charge in [-0.25, -0.2) is 0 Å². The number of hydrogen-bond donors (Lipinski definition) is 1. The Labute approximate surface area is 143 Å². The van der Waals surface area contributed by atoms with Crippen LogP contribution in [0.25, 0.3) is 0 Å². The second-order valence-electron chi connectivity index (χ2n) is 5.23. The van der Waals surface area contributed by atoms with Crippen LogP contribution in [0.2, 0.25) is 5.02 Å². The minimum atomic E-state index is -0.239. The van der Waals surface area contributed by atoms with Crippen LogP contribution < -0.4 is 10.1 Å². The van der Waals surface area contributed by atoms with Crippen molar-refractivity contribution in [3.63, 3.8) is 0 Å². The average Bonchev–Trinajstić information content (AvgIpc) is 2.44. The van der Waals surface area contributed by atoms with Gasteiger partial charge in [-0.1, -0.05) is 33.6 Å². The Morgan fingerprint density at radius 1 is 1.23 bits per heavy atom. The monoisotopic (exact) mass is 381 g/mol. The highest BCUT2D eigenvalue weighted by atomic mass is 79.9. The first kappa shape index (κ1) is 16.8. The van der Waals surface area contributed by atoms with Gasteiger partial charge in [-0.05, 0) is 56.7 Å². The first-order valence-electron chi connectivity index (χ1n) is 6.90. The zero-order chi connectivity index (χ0) is 16.3. The number of halogens is 2. The summed E-state index contributed by atoms with van der Waals surface area (Å²) in [5.41, 5.74) is 2.08. The molecule has 1 amide bonds. The molecule has 2 rings (SSSR count). The van der Waals surface area contributed by atoms with E-state index in [1.165, 1.54) is 0 Å². The van der Waals surface area contributed by atoms with E-state index < -0.39 is 0 Å². The highest BCUT2D eigenvalue weighted by molar-refractivity contribution is 9.10.